The van der Waals surface area contributed by atoms with E-state index in [1.807, 2.05) is 0 Å². The van der Waals surface area contributed by atoms with Crippen LogP contribution in [0.3, 0.4) is 0 Å². The number of nitrogens with two attached hydrogens (primary N) is 1. The summed E-state index contributed by atoms with van der Waals surface area (Å²) in [6, 6.07) is 3.92. The highest BCUT2D eigenvalue weighted by atomic mass is 32.1. The summed E-state index contributed by atoms with van der Waals surface area (Å²) >= 11 is 4.88. The highest BCUT2D eigenvalue weighted by Crippen LogP contribution is 2.19. The fraction of sp³-hybridized carbons (Fsp3) is 0.154. The summed E-state index contributed by atoms with van der Waals surface area (Å²) in [5, 5.41) is 6.58. The van der Waals surface area contributed by atoms with Gasteiger partial charge >= 0.3 is 0 Å². The predicted octanol–water partition coefficient (Wildman–Crippen LogP) is 1.45. The maximum absolute atomic E-state index is 13.6. The van der Waals surface area contributed by atoms with E-state index in [1.165, 1.54) is 30.1 Å². The molecule has 0 aliphatic carbocycles. The van der Waals surface area contributed by atoms with Gasteiger partial charge in [0.25, 0.3) is 5.91 Å². The molecule has 1 amide bonds. The summed E-state index contributed by atoms with van der Waals surface area (Å²) in [5.74, 6) is -0.706. The SMILES string of the molecule is COc1ccc(C(=O)Nc2c(C(N)=S)cnn2C)cc1F. The Hall–Kier alpha value is -2.48. The molecule has 0 atom stereocenters. The number of hydrogen-bond acceptors (Lipinski definition) is 4. The molecule has 8 heteroatoms. The van der Waals surface area contributed by atoms with E-state index in [-0.39, 0.29) is 16.3 Å². The topological polar surface area (TPSA) is 82.2 Å². The van der Waals surface area contributed by atoms with Crippen molar-refractivity contribution in [3.8, 4) is 5.75 Å². The molecule has 0 bridgehead atoms. The van der Waals surface area contributed by atoms with Crippen LogP contribution >= 0.6 is 12.2 Å². The van der Waals surface area contributed by atoms with Crippen molar-refractivity contribution < 1.29 is 13.9 Å². The maximum Gasteiger partial charge on any atom is 0.256 e. The Kier molecular flexibility index (Phi) is 4.18. The number of aromatic nitrogens is 2. The molecule has 0 saturated heterocycles. The highest BCUT2D eigenvalue weighted by Gasteiger charge is 2.16. The van der Waals surface area contributed by atoms with Gasteiger partial charge in [-0.05, 0) is 18.2 Å². The van der Waals surface area contributed by atoms with Crippen LogP contribution in [-0.4, -0.2) is 27.8 Å². The zero-order chi connectivity index (χ0) is 15.6. The minimum atomic E-state index is -0.621. The molecule has 110 valence electrons. The van der Waals surface area contributed by atoms with E-state index in [9.17, 15) is 9.18 Å². The van der Waals surface area contributed by atoms with Gasteiger partial charge < -0.3 is 15.8 Å². The van der Waals surface area contributed by atoms with Crippen molar-refractivity contribution in [1.82, 2.24) is 9.78 Å². The molecule has 3 N–H and O–H groups in total. The Morgan fingerprint density at radius 1 is 1.52 bits per heavy atom. The quantitative estimate of drug-likeness (QED) is 0.836. The average molecular weight is 308 g/mol. The molecule has 21 heavy (non-hydrogen) atoms. The number of halogens is 1. The van der Waals surface area contributed by atoms with Crippen molar-refractivity contribution in [2.75, 3.05) is 12.4 Å². The van der Waals surface area contributed by atoms with Gasteiger partial charge in [-0.15, -0.1) is 0 Å². The van der Waals surface area contributed by atoms with Crippen molar-refractivity contribution in [2.45, 2.75) is 0 Å². The number of carbonyl (C=O) groups is 1. The minimum Gasteiger partial charge on any atom is -0.494 e. The molecule has 1 heterocycles. The van der Waals surface area contributed by atoms with Crippen LogP contribution in [0.1, 0.15) is 15.9 Å². The normalized spacial score (nSPS) is 10.2. The summed E-state index contributed by atoms with van der Waals surface area (Å²) in [6.45, 7) is 0. The van der Waals surface area contributed by atoms with Crippen LogP contribution in [0.4, 0.5) is 10.2 Å². The summed E-state index contributed by atoms with van der Waals surface area (Å²) in [5.41, 5.74) is 6.14. The van der Waals surface area contributed by atoms with E-state index in [0.29, 0.717) is 11.4 Å². The standard InChI is InChI=1S/C13H13FN4O2S/c1-18-12(8(6-16-18)11(15)21)17-13(19)7-3-4-10(20-2)9(14)5-7/h3-6H,1-2H3,(H2,15,21)(H,17,19). The molecule has 1 aromatic heterocycles. The lowest BCUT2D eigenvalue weighted by atomic mass is 10.2. The Balaban J connectivity index is 2.28. The van der Waals surface area contributed by atoms with Gasteiger partial charge in [0.2, 0.25) is 0 Å². The van der Waals surface area contributed by atoms with E-state index in [0.717, 1.165) is 6.07 Å². The van der Waals surface area contributed by atoms with Crippen LogP contribution in [0.15, 0.2) is 24.4 Å². The number of hydrogen-bond donors (Lipinski definition) is 2. The molecule has 0 saturated carbocycles. The summed E-state index contributed by atoms with van der Waals surface area (Å²) in [7, 11) is 2.98. The molecule has 0 fully saturated rings. The number of rotatable bonds is 4. The zero-order valence-corrected chi connectivity index (χ0v) is 12.2. The molecule has 2 rings (SSSR count). The lowest BCUT2D eigenvalue weighted by molar-refractivity contribution is 0.102. The Morgan fingerprint density at radius 3 is 2.81 bits per heavy atom. The lowest BCUT2D eigenvalue weighted by Gasteiger charge is -2.09. The minimum absolute atomic E-state index is 0.0657. The monoisotopic (exact) mass is 308 g/mol. The number of thiocarbonyl (C=S) groups is 1. The molecule has 0 radical (unpaired) electrons. The van der Waals surface area contributed by atoms with Gasteiger partial charge in [0.1, 0.15) is 10.8 Å². The largest absolute Gasteiger partial charge is 0.494 e. The number of ether oxygens (including phenoxy) is 1. The molecule has 6 nitrogen and oxygen atoms in total. The van der Waals surface area contributed by atoms with Crippen LogP contribution in [-0.2, 0) is 7.05 Å². The first-order valence-electron chi connectivity index (χ1n) is 5.90. The van der Waals surface area contributed by atoms with Crippen LogP contribution in [0.5, 0.6) is 5.75 Å². The molecule has 0 aliphatic heterocycles. The third kappa shape index (κ3) is 3.00. The first-order chi connectivity index (χ1) is 9.93. The number of nitrogens with zero attached hydrogens (tertiary/aromatic N) is 2. The van der Waals surface area contributed by atoms with Gasteiger partial charge in [-0.1, -0.05) is 12.2 Å². The second-order valence-corrected chi connectivity index (χ2v) is 4.64. The summed E-state index contributed by atoms with van der Waals surface area (Å²) < 4.78 is 19.8. The number of aryl methyl sites for hydroxylation is 1. The zero-order valence-electron chi connectivity index (χ0n) is 11.4. The molecule has 0 aliphatic rings. The number of nitrogens with one attached hydrogen (secondary N) is 1. The lowest BCUT2D eigenvalue weighted by Crippen LogP contribution is -2.19. The number of anilines is 1. The van der Waals surface area contributed by atoms with E-state index < -0.39 is 11.7 Å². The van der Waals surface area contributed by atoms with Gasteiger partial charge in [-0.25, -0.2) is 4.39 Å². The number of benzene rings is 1. The van der Waals surface area contributed by atoms with Gasteiger partial charge in [-0.3, -0.25) is 9.48 Å². The van der Waals surface area contributed by atoms with Gasteiger partial charge in [0.05, 0.1) is 18.9 Å². The van der Waals surface area contributed by atoms with Gasteiger partial charge in [-0.2, -0.15) is 5.10 Å². The van der Waals surface area contributed by atoms with Crippen LogP contribution < -0.4 is 15.8 Å². The van der Waals surface area contributed by atoms with Crippen molar-refractivity contribution in [3.63, 3.8) is 0 Å². The van der Waals surface area contributed by atoms with Gasteiger partial charge in [0.15, 0.2) is 11.6 Å². The fourth-order valence-electron chi connectivity index (χ4n) is 1.75. The van der Waals surface area contributed by atoms with Crippen LogP contribution in [0.2, 0.25) is 0 Å². The van der Waals surface area contributed by atoms with Crippen molar-refractivity contribution in [1.29, 1.82) is 0 Å². The molecule has 2 aromatic rings. The Bertz CT molecular complexity index is 714. The van der Waals surface area contributed by atoms with Gasteiger partial charge in [0, 0.05) is 12.6 Å². The summed E-state index contributed by atoms with van der Waals surface area (Å²) in [4.78, 5) is 12.3. The number of carbonyl (C=O) groups excluding carboxylic acids is 1. The van der Waals surface area contributed by atoms with Crippen LogP contribution in [0, 0.1) is 5.82 Å². The van der Waals surface area contributed by atoms with E-state index >= 15 is 0 Å². The van der Waals surface area contributed by atoms with Crippen molar-refractivity contribution in [3.05, 3.63) is 41.3 Å². The first kappa shape index (κ1) is 14.9. The van der Waals surface area contributed by atoms with E-state index in [1.54, 1.807) is 7.05 Å². The highest BCUT2D eigenvalue weighted by molar-refractivity contribution is 7.80. The smallest absolute Gasteiger partial charge is 0.256 e. The Labute approximate surface area is 125 Å². The fourth-order valence-corrected chi connectivity index (χ4v) is 1.90. The van der Waals surface area contributed by atoms with E-state index in [4.69, 9.17) is 22.7 Å². The third-order valence-electron chi connectivity index (χ3n) is 2.85. The predicted molar refractivity (Wildman–Crippen MR) is 80.0 cm³/mol. The molecule has 1 aromatic carbocycles. The molecule has 0 unspecified atom stereocenters. The number of amides is 1. The molecular weight excluding hydrogens is 295 g/mol. The number of methoxy groups -OCH3 is 1. The van der Waals surface area contributed by atoms with Crippen molar-refractivity contribution in [2.24, 2.45) is 12.8 Å². The van der Waals surface area contributed by atoms with Crippen molar-refractivity contribution >= 4 is 28.9 Å². The second kappa shape index (κ2) is 5.88. The third-order valence-corrected chi connectivity index (χ3v) is 3.07. The molecule has 0 spiro atoms. The summed E-state index contributed by atoms with van der Waals surface area (Å²) in [6.07, 6.45) is 1.45. The molecular formula is C13H13FN4O2S. The Morgan fingerprint density at radius 2 is 2.24 bits per heavy atom. The average Bonchev–Trinajstić information content (AvgIpc) is 2.80. The first-order valence-corrected chi connectivity index (χ1v) is 6.31. The maximum atomic E-state index is 13.6. The van der Waals surface area contributed by atoms with E-state index in [2.05, 4.69) is 10.4 Å². The van der Waals surface area contributed by atoms with Crippen LogP contribution in [0.25, 0.3) is 0 Å². The second-order valence-electron chi connectivity index (χ2n) is 4.20.